The molecule has 0 aliphatic carbocycles. The molecule has 4 heterocycles. The van der Waals surface area contributed by atoms with Crippen molar-refractivity contribution in [3.8, 4) is 23.0 Å². The quantitative estimate of drug-likeness (QED) is 0.0149. The smallest absolute Gasteiger partial charge is 0.276 e. The minimum atomic E-state index is -4.80. The van der Waals surface area contributed by atoms with Crippen molar-refractivity contribution in [1.29, 1.82) is 0 Å². The third-order valence-corrected chi connectivity index (χ3v) is 18.9. The summed E-state index contributed by atoms with van der Waals surface area (Å²) in [6.07, 6.45) is 6.33. The summed E-state index contributed by atoms with van der Waals surface area (Å²) >= 11 is 0. The number of imide groups is 1. The predicted octanol–water partition coefficient (Wildman–Crippen LogP) is 8.35. The van der Waals surface area contributed by atoms with E-state index >= 15 is 0 Å². The number of amides is 6. The molecule has 6 amide bonds. The lowest BCUT2D eigenvalue weighted by Crippen LogP contribution is -2.43. The van der Waals surface area contributed by atoms with E-state index in [1.54, 1.807) is 54.4 Å². The summed E-state index contributed by atoms with van der Waals surface area (Å²) in [4.78, 5) is 87.4. The molecule has 4 aliphatic rings. The molecule has 4 aliphatic heterocycles. The second-order valence-corrected chi connectivity index (χ2v) is 25.2. The van der Waals surface area contributed by atoms with Crippen LogP contribution in [0.3, 0.4) is 0 Å². The molecule has 0 spiro atoms. The highest BCUT2D eigenvalue weighted by Gasteiger charge is 2.39. The average Bonchev–Trinajstić information content (AvgIpc) is 4.18. The van der Waals surface area contributed by atoms with Crippen LogP contribution in [0.2, 0.25) is 0 Å². The lowest BCUT2D eigenvalue weighted by Gasteiger charge is -2.23. The monoisotopic (exact) mass is 1170 g/mol. The third kappa shape index (κ3) is 13.4. The van der Waals surface area contributed by atoms with Gasteiger partial charge in [0.2, 0.25) is 18.2 Å². The number of rotatable bonds is 24. The second-order valence-electron chi connectivity index (χ2n) is 20.5. The first kappa shape index (κ1) is 58.8. The van der Waals surface area contributed by atoms with Gasteiger partial charge >= 0.3 is 0 Å². The van der Waals surface area contributed by atoms with Gasteiger partial charge in [-0.05, 0) is 111 Å². The van der Waals surface area contributed by atoms with Crippen LogP contribution in [0.15, 0.2) is 108 Å². The summed E-state index contributed by atoms with van der Waals surface area (Å²) in [6.45, 7) is 5.57. The Balaban J connectivity index is 0.881. The maximum Gasteiger partial charge on any atom is 0.276 e. The zero-order chi connectivity index (χ0) is 58.3. The Labute approximate surface area is 483 Å². The Morgan fingerprint density at radius 1 is 0.866 bits per heavy atom. The molecule has 9 rings (SSSR count). The molecule has 0 saturated heterocycles. The van der Waals surface area contributed by atoms with E-state index in [1.807, 2.05) is 73.3 Å². The first-order chi connectivity index (χ1) is 39.4. The lowest BCUT2D eigenvalue weighted by atomic mass is 10.1. The number of carbonyl (C=O) groups excluding carboxylic acids is 6. The first-order valence-electron chi connectivity index (χ1n) is 26.5. The number of fused-ring (bicyclic) bond motifs is 8. The number of para-hydroxylation sites is 2. The summed E-state index contributed by atoms with van der Waals surface area (Å²) in [5.74, 6) is -0.665. The molecular weight excluding hydrogens is 1110 g/mol. The first-order valence-corrected chi connectivity index (χ1v) is 30.4. The van der Waals surface area contributed by atoms with E-state index in [-0.39, 0.29) is 74.7 Å². The Morgan fingerprint density at radius 3 is 2.16 bits per heavy atom. The molecule has 3 atom stereocenters. The van der Waals surface area contributed by atoms with Crippen molar-refractivity contribution in [1.82, 2.24) is 10.2 Å². The summed E-state index contributed by atoms with van der Waals surface area (Å²) < 4.78 is 58.4. The van der Waals surface area contributed by atoms with E-state index in [9.17, 15) is 41.7 Å². The van der Waals surface area contributed by atoms with Gasteiger partial charge in [0.05, 0.1) is 48.8 Å². The van der Waals surface area contributed by atoms with Crippen LogP contribution >= 0.6 is 21.6 Å². The predicted molar refractivity (Wildman–Crippen MR) is 317 cm³/mol. The van der Waals surface area contributed by atoms with Gasteiger partial charge in [-0.1, -0.05) is 64.1 Å². The second kappa shape index (κ2) is 25.5. The number of anilines is 4. The van der Waals surface area contributed by atoms with E-state index < -0.39 is 31.9 Å². The van der Waals surface area contributed by atoms with E-state index in [0.717, 1.165) is 33.8 Å². The van der Waals surface area contributed by atoms with Crippen LogP contribution in [0.4, 0.5) is 28.4 Å². The van der Waals surface area contributed by atoms with Gasteiger partial charge in [0.15, 0.2) is 28.2 Å². The molecule has 5 aromatic rings. The van der Waals surface area contributed by atoms with Crippen LogP contribution in [0, 0.1) is 0 Å². The number of nitrogens with one attached hydrogen (secondary N) is 3. The number of nitrogens with zero attached hydrogens (tertiary/aromatic N) is 4. The van der Waals surface area contributed by atoms with Gasteiger partial charge in [-0.3, -0.25) is 48.1 Å². The number of aliphatic imine (C=N–C) groups is 1. The Kier molecular flexibility index (Phi) is 18.3. The van der Waals surface area contributed by atoms with Crippen LogP contribution < -0.4 is 44.7 Å². The number of hydrogen-bond donors (Lipinski definition) is 4. The molecule has 0 saturated carbocycles. The van der Waals surface area contributed by atoms with Crippen molar-refractivity contribution in [3.63, 3.8) is 0 Å². The molecule has 20 nitrogen and oxygen atoms in total. The standard InChI is InChI=1S/C59H63N7O13S3/c1-6-11-55(69)64(35-67)20-19-60-56(70)53(82(73,74)75)17-21-80-81-59(2,3)18-16-54(68)63-40-23-36(33-78-51-29-45-43(27-49(51)76-4)57(71)65-41(31-61-45)25-38-12-7-9-14-47(38)65)22-37(24-40)34-79-52-30-46-44(28-50(52)77-5)58(72)66-42(32-62-46)26-39-13-8-10-15-48(39)66/h6-15,22-24,27-31,35,41-42,53,62H,16-21,25-26,32-34H2,1-5H3,(H,60,70)(H,63,68)(H,73,74,75)/b11-6-/t41?,42-,53?/m0/s1. The van der Waals surface area contributed by atoms with E-state index in [0.29, 0.717) is 88.1 Å². The van der Waals surface area contributed by atoms with Gasteiger partial charge in [-0.25, -0.2) is 0 Å². The van der Waals surface area contributed by atoms with Gasteiger partial charge in [0.25, 0.3) is 27.8 Å². The number of hydrogen-bond acceptors (Lipinski definition) is 16. The van der Waals surface area contributed by atoms with Gasteiger partial charge in [-0.15, -0.1) is 0 Å². The van der Waals surface area contributed by atoms with Crippen LogP contribution in [0.5, 0.6) is 23.0 Å². The van der Waals surface area contributed by atoms with Gasteiger partial charge in [0, 0.05) is 78.4 Å². The van der Waals surface area contributed by atoms with Crippen molar-refractivity contribution in [3.05, 3.63) is 137 Å². The Morgan fingerprint density at radius 2 is 1.50 bits per heavy atom. The summed E-state index contributed by atoms with van der Waals surface area (Å²) in [6, 6.07) is 27.6. The number of benzene rings is 5. The number of carbonyl (C=O) groups is 6. The fourth-order valence-corrected chi connectivity index (χ4v) is 13.8. The van der Waals surface area contributed by atoms with Crippen LogP contribution in [0.25, 0.3) is 0 Å². The minimum Gasteiger partial charge on any atom is -0.493 e. The lowest BCUT2D eigenvalue weighted by molar-refractivity contribution is -0.135. The molecule has 0 radical (unpaired) electrons. The molecule has 5 aromatic carbocycles. The van der Waals surface area contributed by atoms with Crippen molar-refractivity contribution in [2.75, 3.05) is 60.0 Å². The van der Waals surface area contributed by atoms with Crippen LogP contribution in [0.1, 0.15) is 83.0 Å². The highest BCUT2D eigenvalue weighted by atomic mass is 33.1. The highest BCUT2D eigenvalue weighted by molar-refractivity contribution is 8.77. The summed E-state index contributed by atoms with van der Waals surface area (Å²) in [5.41, 5.74) is 7.52. The maximum absolute atomic E-state index is 14.2. The SMILES string of the molecule is C/C=C\C(=O)N(C=O)CCNC(=O)C(CCSSC(C)(C)CCC(=O)Nc1cc(COc2cc3c(cc2OC)C(=O)N2c4ccccc4CC2C=N3)cc(COc2cc3c(cc2OC)C(=O)N2c4ccccc4C[C@H]2CN3)c1)S(=O)(=O)O. The zero-order valence-corrected chi connectivity index (χ0v) is 48.3. The molecule has 0 bridgehead atoms. The normalized spacial score (nSPS) is 16.3. The van der Waals surface area contributed by atoms with Gasteiger partial charge in [-0.2, -0.15) is 8.42 Å². The number of allylic oxidation sites excluding steroid dienone is 1. The van der Waals surface area contributed by atoms with Gasteiger partial charge < -0.3 is 39.8 Å². The van der Waals surface area contributed by atoms with Crippen molar-refractivity contribution in [2.45, 2.75) is 88.2 Å². The molecular formula is C59H63N7O13S3. The average molecular weight is 1170 g/mol. The van der Waals surface area contributed by atoms with Gasteiger partial charge in [0.1, 0.15) is 13.2 Å². The molecule has 430 valence electrons. The molecule has 0 aromatic heterocycles. The van der Waals surface area contributed by atoms with E-state index in [2.05, 4.69) is 16.0 Å². The number of methoxy groups -OCH3 is 2. The molecule has 2 unspecified atom stereocenters. The summed E-state index contributed by atoms with van der Waals surface area (Å²) in [5, 5.41) is 7.10. The maximum atomic E-state index is 14.2. The van der Waals surface area contributed by atoms with Crippen molar-refractivity contribution < 1.29 is 60.7 Å². The van der Waals surface area contributed by atoms with Crippen LogP contribution in [-0.4, -0.2) is 122 Å². The molecule has 0 fully saturated rings. The zero-order valence-electron chi connectivity index (χ0n) is 45.8. The molecule has 23 heteroatoms. The largest absolute Gasteiger partial charge is 0.493 e. The van der Waals surface area contributed by atoms with E-state index in [4.69, 9.17) is 23.9 Å². The Hall–Kier alpha value is -7.86. The third-order valence-electron chi connectivity index (χ3n) is 14.3. The van der Waals surface area contributed by atoms with Crippen molar-refractivity contribution in [2.24, 2.45) is 4.99 Å². The highest BCUT2D eigenvalue weighted by Crippen LogP contribution is 2.44. The fraction of sp³-hybridized carbons (Fsp3) is 0.339. The minimum absolute atomic E-state index is 0.00171. The molecule has 82 heavy (non-hydrogen) atoms. The van der Waals surface area contributed by atoms with Crippen molar-refractivity contribution >= 4 is 102 Å². The Bertz CT molecular complexity index is 3480. The van der Waals surface area contributed by atoms with E-state index in [1.165, 1.54) is 48.0 Å². The topological polar surface area (TPSA) is 252 Å². The summed E-state index contributed by atoms with van der Waals surface area (Å²) in [7, 11) is 0.883. The number of ether oxygens (including phenoxy) is 4. The molecule has 4 N–H and O–H groups in total. The van der Waals surface area contributed by atoms with Crippen LogP contribution in [-0.2, 0) is 55.4 Å². The fourth-order valence-electron chi connectivity index (χ4n) is 10.2.